The van der Waals surface area contributed by atoms with Gasteiger partial charge in [0.25, 0.3) is 5.91 Å². The van der Waals surface area contributed by atoms with Gasteiger partial charge >= 0.3 is 0 Å². The van der Waals surface area contributed by atoms with E-state index >= 15 is 0 Å². The van der Waals surface area contributed by atoms with Crippen LogP contribution < -0.4 is 15.4 Å². The van der Waals surface area contributed by atoms with Crippen molar-refractivity contribution in [2.75, 3.05) is 17.2 Å². The summed E-state index contributed by atoms with van der Waals surface area (Å²) in [5.74, 6) is -0.435. The molecule has 2 amide bonds. The average molecular weight is 375 g/mol. The fraction of sp³-hybridized carbons (Fsp3) is 0.222. The van der Waals surface area contributed by atoms with Gasteiger partial charge in [-0.1, -0.05) is 13.8 Å². The number of nitrogens with one attached hydrogen (secondary N) is 3. The third-order valence-electron chi connectivity index (χ3n) is 3.51. The fourth-order valence-electron chi connectivity index (χ4n) is 2.15. The molecule has 0 aliphatic rings. The molecular formula is C18H21N3O4S. The highest BCUT2D eigenvalue weighted by Crippen LogP contribution is 2.16. The molecule has 0 spiro atoms. The van der Waals surface area contributed by atoms with Gasteiger partial charge in [0.05, 0.1) is 4.90 Å². The van der Waals surface area contributed by atoms with Crippen molar-refractivity contribution in [1.82, 2.24) is 4.72 Å². The summed E-state index contributed by atoms with van der Waals surface area (Å²) in [5.41, 5.74) is 1.52. The molecule has 7 nitrogen and oxygen atoms in total. The number of rotatable bonds is 7. The Bertz CT molecular complexity index is 876. The second-order valence-corrected chi connectivity index (χ2v) is 7.23. The van der Waals surface area contributed by atoms with E-state index in [1.165, 1.54) is 24.3 Å². The Morgan fingerprint density at radius 1 is 0.846 bits per heavy atom. The summed E-state index contributed by atoms with van der Waals surface area (Å²) in [7, 11) is -3.52. The number of benzene rings is 2. The lowest BCUT2D eigenvalue weighted by Gasteiger charge is -2.08. The maximum absolute atomic E-state index is 12.3. The zero-order valence-corrected chi connectivity index (χ0v) is 15.4. The molecule has 0 unspecified atom stereocenters. The first-order chi connectivity index (χ1) is 12.4. The van der Waals surface area contributed by atoms with Crippen LogP contribution >= 0.6 is 0 Å². The number of carbonyl (C=O) groups excluding carboxylic acids is 2. The summed E-state index contributed by atoms with van der Waals surface area (Å²) in [4.78, 5) is 23.7. The van der Waals surface area contributed by atoms with E-state index in [9.17, 15) is 18.0 Å². The normalized spacial score (nSPS) is 11.0. The molecule has 0 aliphatic heterocycles. The van der Waals surface area contributed by atoms with Crippen LogP contribution in [0.1, 0.15) is 30.6 Å². The van der Waals surface area contributed by atoms with Gasteiger partial charge < -0.3 is 10.6 Å². The van der Waals surface area contributed by atoms with Crippen molar-refractivity contribution in [3.8, 4) is 0 Å². The van der Waals surface area contributed by atoms with Gasteiger partial charge in [-0.2, -0.15) is 0 Å². The van der Waals surface area contributed by atoms with E-state index in [2.05, 4.69) is 15.4 Å². The van der Waals surface area contributed by atoms with Gasteiger partial charge in [-0.3, -0.25) is 9.59 Å². The van der Waals surface area contributed by atoms with Crippen LogP contribution in [0.5, 0.6) is 0 Å². The smallest absolute Gasteiger partial charge is 0.255 e. The van der Waals surface area contributed by atoms with Gasteiger partial charge in [-0.15, -0.1) is 0 Å². The predicted molar refractivity (Wildman–Crippen MR) is 101 cm³/mol. The van der Waals surface area contributed by atoms with Gasteiger partial charge in [0.2, 0.25) is 15.9 Å². The molecule has 0 bridgehead atoms. The SMILES string of the molecule is CCNS(=O)(=O)c1ccc(NC(=O)c2ccc(NC(=O)CC)cc2)cc1. The van der Waals surface area contributed by atoms with E-state index in [0.717, 1.165) is 0 Å². The second-order valence-electron chi connectivity index (χ2n) is 5.46. The van der Waals surface area contributed by atoms with Crippen molar-refractivity contribution >= 4 is 33.2 Å². The van der Waals surface area contributed by atoms with Crippen LogP contribution in [0.25, 0.3) is 0 Å². The van der Waals surface area contributed by atoms with E-state index in [-0.39, 0.29) is 16.7 Å². The van der Waals surface area contributed by atoms with Crippen LogP contribution in [-0.2, 0) is 14.8 Å². The van der Waals surface area contributed by atoms with E-state index in [0.29, 0.717) is 29.9 Å². The molecule has 0 aliphatic carbocycles. The zero-order valence-electron chi connectivity index (χ0n) is 14.6. The highest BCUT2D eigenvalue weighted by molar-refractivity contribution is 7.89. The van der Waals surface area contributed by atoms with Crippen molar-refractivity contribution in [2.45, 2.75) is 25.2 Å². The second kappa shape index (κ2) is 8.59. The Morgan fingerprint density at radius 2 is 1.38 bits per heavy atom. The summed E-state index contributed by atoms with van der Waals surface area (Å²) < 4.78 is 26.2. The van der Waals surface area contributed by atoms with E-state index in [4.69, 9.17) is 0 Å². The van der Waals surface area contributed by atoms with E-state index < -0.39 is 10.0 Å². The minimum absolute atomic E-state index is 0.102. The van der Waals surface area contributed by atoms with Crippen molar-refractivity contribution in [2.24, 2.45) is 0 Å². The summed E-state index contributed by atoms with van der Waals surface area (Å²) >= 11 is 0. The molecule has 0 fully saturated rings. The standard InChI is InChI=1S/C18H21N3O4S/c1-3-17(22)20-14-7-5-13(6-8-14)18(23)21-15-9-11-16(12-10-15)26(24,25)19-4-2/h5-12,19H,3-4H2,1-2H3,(H,20,22)(H,21,23). The van der Waals surface area contributed by atoms with Crippen LogP contribution in [0.3, 0.4) is 0 Å². The lowest BCUT2D eigenvalue weighted by molar-refractivity contribution is -0.115. The van der Waals surface area contributed by atoms with Crippen LogP contribution in [0.2, 0.25) is 0 Å². The van der Waals surface area contributed by atoms with Crippen LogP contribution in [-0.4, -0.2) is 26.8 Å². The Labute approximate surface area is 152 Å². The minimum Gasteiger partial charge on any atom is -0.326 e. The largest absolute Gasteiger partial charge is 0.326 e. The summed E-state index contributed by atoms with van der Waals surface area (Å²) in [5, 5.41) is 5.40. The Balaban J connectivity index is 2.04. The first-order valence-corrected chi connectivity index (χ1v) is 9.65. The molecule has 138 valence electrons. The quantitative estimate of drug-likeness (QED) is 0.692. The third-order valence-corrected chi connectivity index (χ3v) is 5.07. The molecule has 2 rings (SSSR count). The molecule has 0 atom stereocenters. The highest BCUT2D eigenvalue weighted by Gasteiger charge is 2.13. The first-order valence-electron chi connectivity index (χ1n) is 8.16. The molecule has 0 aromatic heterocycles. The molecule has 2 aromatic carbocycles. The number of anilines is 2. The summed E-state index contributed by atoms with van der Waals surface area (Å²) in [6.45, 7) is 3.76. The van der Waals surface area contributed by atoms with Crippen molar-refractivity contribution in [1.29, 1.82) is 0 Å². The number of hydrogen-bond donors (Lipinski definition) is 3. The molecule has 0 radical (unpaired) electrons. The molecule has 8 heteroatoms. The number of amides is 2. The van der Waals surface area contributed by atoms with Gasteiger partial charge in [0.1, 0.15) is 0 Å². The maximum atomic E-state index is 12.3. The molecule has 0 saturated carbocycles. The van der Waals surface area contributed by atoms with E-state index in [1.54, 1.807) is 38.1 Å². The highest BCUT2D eigenvalue weighted by atomic mass is 32.2. The Kier molecular flexibility index (Phi) is 6.48. The topological polar surface area (TPSA) is 104 Å². The van der Waals surface area contributed by atoms with Gasteiger partial charge in [-0.25, -0.2) is 13.1 Å². The lowest BCUT2D eigenvalue weighted by atomic mass is 10.2. The van der Waals surface area contributed by atoms with Crippen LogP contribution in [0.4, 0.5) is 11.4 Å². The Hall–Kier alpha value is -2.71. The summed E-state index contributed by atoms with van der Waals surface area (Å²) in [6.07, 6.45) is 0.377. The van der Waals surface area contributed by atoms with Crippen molar-refractivity contribution < 1.29 is 18.0 Å². The number of carbonyl (C=O) groups is 2. The molecule has 2 aromatic rings. The third kappa shape index (κ3) is 5.14. The van der Waals surface area contributed by atoms with Crippen LogP contribution in [0, 0.1) is 0 Å². The predicted octanol–water partition coefficient (Wildman–Crippen LogP) is 2.59. The zero-order chi connectivity index (χ0) is 19.2. The number of hydrogen-bond acceptors (Lipinski definition) is 4. The monoisotopic (exact) mass is 375 g/mol. The Morgan fingerprint density at radius 3 is 1.92 bits per heavy atom. The molecule has 0 saturated heterocycles. The molecular weight excluding hydrogens is 354 g/mol. The molecule has 3 N–H and O–H groups in total. The van der Waals surface area contributed by atoms with Gasteiger partial charge in [-0.05, 0) is 48.5 Å². The van der Waals surface area contributed by atoms with Crippen LogP contribution in [0.15, 0.2) is 53.4 Å². The molecule has 26 heavy (non-hydrogen) atoms. The van der Waals surface area contributed by atoms with Crippen molar-refractivity contribution in [3.05, 3.63) is 54.1 Å². The maximum Gasteiger partial charge on any atom is 0.255 e. The average Bonchev–Trinajstić information content (AvgIpc) is 2.62. The van der Waals surface area contributed by atoms with Gasteiger partial charge in [0.15, 0.2) is 0 Å². The van der Waals surface area contributed by atoms with E-state index in [1.807, 2.05) is 0 Å². The van der Waals surface area contributed by atoms with Gasteiger partial charge in [0, 0.05) is 29.9 Å². The summed E-state index contributed by atoms with van der Waals surface area (Å²) in [6, 6.07) is 12.4. The first kappa shape index (κ1) is 19.6. The number of sulfonamides is 1. The fourth-order valence-corrected chi connectivity index (χ4v) is 3.19. The molecule has 0 heterocycles. The minimum atomic E-state index is -3.52. The lowest BCUT2D eigenvalue weighted by Crippen LogP contribution is -2.23. The van der Waals surface area contributed by atoms with Crippen molar-refractivity contribution in [3.63, 3.8) is 0 Å².